The van der Waals surface area contributed by atoms with Gasteiger partial charge in [-0.15, -0.1) is 16.8 Å². The number of ether oxygens (including phenoxy) is 1. The molecule has 0 N–H and O–H groups in total. The molecule has 0 bridgehead atoms. The second-order valence-corrected chi connectivity index (χ2v) is 7.25. The van der Waals surface area contributed by atoms with Gasteiger partial charge < -0.3 is 4.74 Å². The number of halogens is 2. The predicted molar refractivity (Wildman–Crippen MR) is 107 cm³/mol. The van der Waals surface area contributed by atoms with Gasteiger partial charge in [0, 0.05) is 17.3 Å². The van der Waals surface area contributed by atoms with E-state index in [1.807, 2.05) is 35.8 Å². The van der Waals surface area contributed by atoms with E-state index >= 15 is 0 Å². The Balaban J connectivity index is 1.74. The van der Waals surface area contributed by atoms with Gasteiger partial charge in [0.15, 0.2) is 17.1 Å². The van der Waals surface area contributed by atoms with Gasteiger partial charge in [-0.3, -0.25) is 4.57 Å². The fraction of sp³-hybridized carbons (Fsp3) is 0.200. The summed E-state index contributed by atoms with van der Waals surface area (Å²) in [6.45, 7) is 6.28. The van der Waals surface area contributed by atoms with E-state index < -0.39 is 0 Å². The van der Waals surface area contributed by atoms with Crippen LogP contribution in [0, 0.1) is 5.82 Å². The van der Waals surface area contributed by atoms with E-state index in [1.54, 1.807) is 30.0 Å². The lowest BCUT2D eigenvalue weighted by Gasteiger charge is -2.15. The highest BCUT2D eigenvalue weighted by Crippen LogP contribution is 2.27. The van der Waals surface area contributed by atoms with Gasteiger partial charge in [0.2, 0.25) is 0 Å². The van der Waals surface area contributed by atoms with Crippen molar-refractivity contribution in [2.45, 2.75) is 30.5 Å². The molecule has 1 unspecified atom stereocenters. The van der Waals surface area contributed by atoms with E-state index in [-0.39, 0.29) is 11.9 Å². The van der Waals surface area contributed by atoms with Crippen LogP contribution in [0.25, 0.3) is 0 Å². The van der Waals surface area contributed by atoms with E-state index in [1.165, 1.54) is 12.1 Å². The van der Waals surface area contributed by atoms with Crippen molar-refractivity contribution in [2.24, 2.45) is 0 Å². The van der Waals surface area contributed by atoms with Gasteiger partial charge in [-0.05, 0) is 48.9 Å². The molecule has 0 aliphatic heterocycles. The molecule has 3 rings (SSSR count). The van der Waals surface area contributed by atoms with Gasteiger partial charge in [0.25, 0.3) is 0 Å². The largest absolute Gasteiger partial charge is 0.483 e. The maximum Gasteiger partial charge on any atom is 0.191 e. The second-order valence-electron chi connectivity index (χ2n) is 5.87. The number of hydrogen-bond donors (Lipinski definition) is 0. The van der Waals surface area contributed by atoms with Crippen LogP contribution in [0.2, 0.25) is 5.02 Å². The van der Waals surface area contributed by atoms with Crippen molar-refractivity contribution in [3.8, 4) is 5.75 Å². The van der Waals surface area contributed by atoms with Gasteiger partial charge >= 0.3 is 0 Å². The average Bonchev–Trinajstić information content (AvgIpc) is 3.06. The molecule has 2 aromatic carbocycles. The Morgan fingerprint density at radius 2 is 1.89 bits per heavy atom. The molecule has 7 heteroatoms. The smallest absolute Gasteiger partial charge is 0.191 e. The van der Waals surface area contributed by atoms with Crippen molar-refractivity contribution in [3.63, 3.8) is 0 Å². The summed E-state index contributed by atoms with van der Waals surface area (Å²) in [5.41, 5.74) is 1.15. The standard InChI is InChI=1S/C20H19ClFN3OS/c1-3-12-25-19(14(2)26-18-10-8-17(22)9-11-18)23-24-20(25)27-13-15-4-6-16(21)7-5-15/h3-11,14H,1,12-13H2,2H3. The number of rotatable bonds is 8. The van der Waals surface area contributed by atoms with E-state index in [0.29, 0.717) is 23.1 Å². The predicted octanol–water partition coefficient (Wildman–Crippen LogP) is 5.69. The summed E-state index contributed by atoms with van der Waals surface area (Å²) in [5.74, 6) is 1.72. The van der Waals surface area contributed by atoms with Gasteiger partial charge in [-0.1, -0.05) is 41.6 Å². The summed E-state index contributed by atoms with van der Waals surface area (Å²) in [5, 5.41) is 10.1. The van der Waals surface area contributed by atoms with Crippen molar-refractivity contribution in [3.05, 3.63) is 83.4 Å². The first-order chi connectivity index (χ1) is 13.1. The SMILES string of the molecule is C=CCn1c(SCc2ccc(Cl)cc2)nnc1C(C)Oc1ccc(F)cc1. The minimum absolute atomic E-state index is 0.300. The maximum absolute atomic E-state index is 13.1. The lowest BCUT2D eigenvalue weighted by molar-refractivity contribution is 0.210. The molecule has 0 spiro atoms. The number of hydrogen-bond acceptors (Lipinski definition) is 4. The van der Waals surface area contributed by atoms with Crippen molar-refractivity contribution < 1.29 is 9.13 Å². The van der Waals surface area contributed by atoms with Crippen LogP contribution in [0.5, 0.6) is 5.75 Å². The fourth-order valence-corrected chi connectivity index (χ4v) is 3.54. The van der Waals surface area contributed by atoms with Gasteiger partial charge in [0.1, 0.15) is 11.6 Å². The number of thioether (sulfide) groups is 1. The molecule has 0 radical (unpaired) electrons. The van der Waals surface area contributed by atoms with Crippen LogP contribution in [0.4, 0.5) is 4.39 Å². The molecule has 0 aliphatic rings. The first-order valence-electron chi connectivity index (χ1n) is 8.40. The lowest BCUT2D eigenvalue weighted by Crippen LogP contribution is -2.12. The summed E-state index contributed by atoms with van der Waals surface area (Å²) in [6, 6.07) is 13.6. The molecular weight excluding hydrogens is 385 g/mol. The first-order valence-corrected chi connectivity index (χ1v) is 9.76. The molecule has 1 atom stereocenters. The second kappa shape index (κ2) is 9.06. The number of nitrogens with zero attached hydrogens (tertiary/aromatic N) is 3. The van der Waals surface area contributed by atoms with Crippen molar-refractivity contribution >= 4 is 23.4 Å². The highest BCUT2D eigenvalue weighted by molar-refractivity contribution is 7.98. The zero-order chi connectivity index (χ0) is 19.2. The Bertz CT molecular complexity index is 897. The lowest BCUT2D eigenvalue weighted by atomic mass is 10.2. The third-order valence-electron chi connectivity index (χ3n) is 3.83. The quantitative estimate of drug-likeness (QED) is 0.358. The summed E-state index contributed by atoms with van der Waals surface area (Å²) in [7, 11) is 0. The van der Waals surface area contributed by atoms with Crippen LogP contribution in [0.15, 0.2) is 66.3 Å². The Morgan fingerprint density at radius 3 is 2.56 bits per heavy atom. The Hall–Kier alpha value is -2.31. The van der Waals surface area contributed by atoms with Crippen molar-refractivity contribution in [1.29, 1.82) is 0 Å². The summed E-state index contributed by atoms with van der Waals surface area (Å²) >= 11 is 7.52. The molecular formula is C20H19ClFN3OS. The number of benzene rings is 2. The van der Waals surface area contributed by atoms with Crippen LogP contribution in [0.3, 0.4) is 0 Å². The monoisotopic (exact) mass is 403 g/mol. The van der Waals surface area contributed by atoms with Crippen LogP contribution < -0.4 is 4.74 Å². The Morgan fingerprint density at radius 1 is 1.19 bits per heavy atom. The molecule has 0 amide bonds. The number of aromatic nitrogens is 3. The molecule has 1 heterocycles. The third-order valence-corrected chi connectivity index (χ3v) is 5.12. The molecule has 140 valence electrons. The van der Waals surface area contributed by atoms with Gasteiger partial charge in [-0.25, -0.2) is 4.39 Å². The molecule has 0 fully saturated rings. The topological polar surface area (TPSA) is 39.9 Å². The Kier molecular flexibility index (Phi) is 6.53. The zero-order valence-electron chi connectivity index (χ0n) is 14.8. The van der Waals surface area contributed by atoms with Crippen molar-refractivity contribution in [1.82, 2.24) is 14.8 Å². The van der Waals surface area contributed by atoms with E-state index in [2.05, 4.69) is 16.8 Å². The molecule has 1 aromatic heterocycles. The summed E-state index contributed by atoms with van der Waals surface area (Å²) < 4.78 is 20.9. The molecule has 0 aliphatic carbocycles. The molecule has 27 heavy (non-hydrogen) atoms. The third kappa shape index (κ3) is 5.11. The highest BCUT2D eigenvalue weighted by atomic mass is 35.5. The first kappa shape index (κ1) is 19.5. The minimum atomic E-state index is -0.340. The van der Waals surface area contributed by atoms with E-state index in [4.69, 9.17) is 16.3 Å². The summed E-state index contributed by atoms with van der Waals surface area (Å²) in [4.78, 5) is 0. The van der Waals surface area contributed by atoms with E-state index in [0.717, 1.165) is 16.5 Å². The van der Waals surface area contributed by atoms with Crippen LogP contribution >= 0.6 is 23.4 Å². The number of allylic oxidation sites excluding steroid dienone is 1. The van der Waals surface area contributed by atoms with Crippen LogP contribution in [-0.2, 0) is 12.3 Å². The van der Waals surface area contributed by atoms with Gasteiger partial charge in [0.05, 0.1) is 0 Å². The maximum atomic E-state index is 13.1. The molecule has 0 saturated heterocycles. The molecule has 0 saturated carbocycles. The van der Waals surface area contributed by atoms with Crippen LogP contribution in [-0.4, -0.2) is 14.8 Å². The van der Waals surface area contributed by atoms with Gasteiger partial charge in [-0.2, -0.15) is 0 Å². The molecule has 3 aromatic rings. The minimum Gasteiger partial charge on any atom is -0.483 e. The highest BCUT2D eigenvalue weighted by Gasteiger charge is 2.19. The average molecular weight is 404 g/mol. The van der Waals surface area contributed by atoms with E-state index in [9.17, 15) is 4.39 Å². The zero-order valence-corrected chi connectivity index (χ0v) is 16.4. The molecule has 4 nitrogen and oxygen atoms in total. The summed E-state index contributed by atoms with van der Waals surface area (Å²) in [6.07, 6.45) is 1.46. The van der Waals surface area contributed by atoms with Crippen LogP contribution in [0.1, 0.15) is 24.4 Å². The fourth-order valence-electron chi connectivity index (χ4n) is 2.51. The van der Waals surface area contributed by atoms with Crippen molar-refractivity contribution in [2.75, 3.05) is 0 Å². The normalized spacial score (nSPS) is 12.0. The Labute approximate surface area is 167 Å².